The fraction of sp³-hybridized carbons (Fsp3) is 0.125. The quantitative estimate of drug-likeness (QED) is 0.353. The second kappa shape index (κ2) is 8.48. The molecule has 3 heterocycles. The minimum Gasteiger partial charge on any atom is -0.497 e. The molecule has 3 aromatic heterocycles. The fourth-order valence-electron chi connectivity index (χ4n) is 3.85. The fourth-order valence-corrected chi connectivity index (χ4v) is 3.98. The lowest BCUT2D eigenvalue weighted by molar-refractivity contribution is 0.103. The Morgan fingerprint density at radius 3 is 2.58 bits per heavy atom. The summed E-state index contributed by atoms with van der Waals surface area (Å²) >= 11 is 6.05. The van der Waals surface area contributed by atoms with Crippen molar-refractivity contribution in [3.63, 3.8) is 0 Å². The largest absolute Gasteiger partial charge is 0.497 e. The van der Waals surface area contributed by atoms with Crippen LogP contribution in [0.5, 0.6) is 5.75 Å². The molecule has 0 aliphatic rings. The summed E-state index contributed by atoms with van der Waals surface area (Å²) in [6, 6.07) is 15.1. The highest BCUT2D eigenvalue weighted by atomic mass is 35.5. The Morgan fingerprint density at radius 2 is 1.85 bits per heavy atom. The van der Waals surface area contributed by atoms with Crippen LogP contribution in [0.25, 0.3) is 16.9 Å². The first-order chi connectivity index (χ1) is 16.0. The molecule has 0 amide bonds. The lowest BCUT2D eigenvalue weighted by Gasteiger charge is -2.09. The van der Waals surface area contributed by atoms with Crippen molar-refractivity contribution < 1.29 is 9.53 Å². The Hall–Kier alpha value is -4.04. The van der Waals surface area contributed by atoms with Crippen molar-refractivity contribution in [1.82, 2.24) is 29.5 Å². The Kier molecular flexibility index (Phi) is 5.35. The van der Waals surface area contributed by atoms with Gasteiger partial charge in [0.1, 0.15) is 5.75 Å². The summed E-state index contributed by atoms with van der Waals surface area (Å²) in [6.07, 6.45) is 4.75. The maximum Gasteiger partial charge on any atom is 0.251 e. The number of benzene rings is 2. The van der Waals surface area contributed by atoms with Crippen LogP contribution < -0.4 is 4.74 Å². The Morgan fingerprint density at radius 1 is 1.09 bits per heavy atom. The molecule has 0 saturated carbocycles. The van der Waals surface area contributed by atoms with E-state index in [2.05, 4.69) is 24.8 Å². The van der Waals surface area contributed by atoms with Crippen molar-refractivity contribution in [1.29, 1.82) is 0 Å². The van der Waals surface area contributed by atoms with Crippen LogP contribution in [0.1, 0.15) is 27.3 Å². The van der Waals surface area contributed by atoms with Crippen molar-refractivity contribution in [2.75, 3.05) is 7.11 Å². The number of fused-ring (bicyclic) bond motifs is 1. The molecule has 0 atom stereocenters. The smallest absolute Gasteiger partial charge is 0.251 e. The maximum absolute atomic E-state index is 13.6. The van der Waals surface area contributed by atoms with Gasteiger partial charge >= 0.3 is 0 Å². The Labute approximate surface area is 194 Å². The third kappa shape index (κ3) is 3.85. The number of ketones is 1. The maximum atomic E-state index is 13.6. The van der Waals surface area contributed by atoms with Gasteiger partial charge in [-0.2, -0.15) is 4.68 Å². The third-order valence-corrected chi connectivity index (χ3v) is 5.75. The molecule has 33 heavy (non-hydrogen) atoms. The van der Waals surface area contributed by atoms with Gasteiger partial charge in [-0.15, -0.1) is 5.10 Å². The van der Waals surface area contributed by atoms with E-state index in [9.17, 15) is 4.79 Å². The van der Waals surface area contributed by atoms with Gasteiger partial charge in [-0.25, -0.2) is 9.97 Å². The lowest BCUT2D eigenvalue weighted by atomic mass is 10.0. The van der Waals surface area contributed by atoms with Gasteiger partial charge in [-0.05, 0) is 48.9 Å². The molecular formula is C24H19ClN6O2. The molecule has 0 radical (unpaired) electrons. The topological polar surface area (TPSA) is 87.7 Å². The molecule has 0 aliphatic carbocycles. The lowest BCUT2D eigenvalue weighted by Crippen LogP contribution is -2.07. The third-order valence-electron chi connectivity index (χ3n) is 5.49. The number of rotatable bonds is 6. The van der Waals surface area contributed by atoms with E-state index >= 15 is 0 Å². The summed E-state index contributed by atoms with van der Waals surface area (Å²) in [4.78, 5) is 21.9. The zero-order valence-corrected chi connectivity index (χ0v) is 18.7. The molecule has 9 heteroatoms. The molecule has 0 saturated heterocycles. The predicted molar refractivity (Wildman–Crippen MR) is 124 cm³/mol. The van der Waals surface area contributed by atoms with E-state index in [0.717, 1.165) is 22.2 Å². The summed E-state index contributed by atoms with van der Waals surface area (Å²) < 4.78 is 8.91. The van der Waals surface area contributed by atoms with Crippen LogP contribution >= 0.6 is 11.6 Å². The minimum absolute atomic E-state index is 0.207. The molecule has 0 bridgehead atoms. The molecule has 0 spiro atoms. The van der Waals surface area contributed by atoms with Gasteiger partial charge in [0.2, 0.25) is 5.78 Å². The molecule has 2 aromatic carbocycles. The number of nitrogens with zero attached hydrogens (tertiary/aromatic N) is 6. The Bertz CT molecular complexity index is 1460. The predicted octanol–water partition coefficient (Wildman–Crippen LogP) is 4.26. The molecule has 0 unspecified atom stereocenters. The highest BCUT2D eigenvalue weighted by molar-refractivity contribution is 6.30. The average molecular weight is 459 g/mol. The van der Waals surface area contributed by atoms with Crippen molar-refractivity contribution in [3.8, 4) is 11.7 Å². The van der Waals surface area contributed by atoms with Crippen molar-refractivity contribution in [2.24, 2.45) is 0 Å². The number of hydrogen-bond donors (Lipinski definition) is 0. The Balaban J connectivity index is 1.61. The summed E-state index contributed by atoms with van der Waals surface area (Å²) in [7, 11) is 1.60. The van der Waals surface area contributed by atoms with E-state index in [1.165, 1.54) is 4.68 Å². The number of carbonyl (C=O) groups excluding carboxylic acids is 1. The molecule has 0 N–H and O–H groups in total. The van der Waals surface area contributed by atoms with Crippen molar-refractivity contribution in [3.05, 3.63) is 94.7 Å². The van der Waals surface area contributed by atoms with Gasteiger partial charge in [0.25, 0.3) is 5.95 Å². The SMILES string of the molecule is COc1ccc2c(c1)c(C(=O)c1cn(-c3ncccn3)nn1)c(C)n2Cc1ccc(Cl)cc1. The first-order valence-corrected chi connectivity index (χ1v) is 10.6. The van der Waals surface area contributed by atoms with Gasteiger partial charge in [0.15, 0.2) is 5.69 Å². The van der Waals surface area contributed by atoms with Crippen LogP contribution in [0.3, 0.4) is 0 Å². The molecule has 164 valence electrons. The molecule has 0 fully saturated rings. The van der Waals surface area contributed by atoms with Crippen LogP contribution in [0.15, 0.2) is 67.1 Å². The summed E-state index contributed by atoms with van der Waals surface area (Å²) in [6.45, 7) is 2.52. The van der Waals surface area contributed by atoms with Crippen LogP contribution in [-0.4, -0.2) is 42.4 Å². The first-order valence-electron chi connectivity index (χ1n) is 10.2. The normalized spacial score (nSPS) is 11.1. The zero-order chi connectivity index (χ0) is 22.9. The van der Waals surface area contributed by atoms with E-state index < -0.39 is 0 Å². The van der Waals surface area contributed by atoms with E-state index in [0.29, 0.717) is 28.8 Å². The molecule has 0 aliphatic heterocycles. The molecular weight excluding hydrogens is 440 g/mol. The van der Waals surface area contributed by atoms with Crippen molar-refractivity contribution in [2.45, 2.75) is 13.5 Å². The van der Waals surface area contributed by atoms with Crippen LogP contribution in [0, 0.1) is 6.92 Å². The van der Waals surface area contributed by atoms with E-state index in [4.69, 9.17) is 16.3 Å². The highest BCUT2D eigenvalue weighted by Gasteiger charge is 2.24. The summed E-state index contributed by atoms with van der Waals surface area (Å²) in [5.41, 5.74) is 3.58. The molecule has 8 nitrogen and oxygen atoms in total. The average Bonchev–Trinajstić information content (AvgIpc) is 3.44. The van der Waals surface area contributed by atoms with Crippen LogP contribution in [-0.2, 0) is 6.54 Å². The highest BCUT2D eigenvalue weighted by Crippen LogP contribution is 2.31. The minimum atomic E-state index is -0.234. The number of halogens is 1. The van der Waals surface area contributed by atoms with E-state index in [1.54, 1.807) is 31.8 Å². The van der Waals surface area contributed by atoms with E-state index in [1.807, 2.05) is 49.4 Å². The molecule has 5 aromatic rings. The monoisotopic (exact) mass is 458 g/mol. The van der Waals surface area contributed by atoms with Crippen LogP contribution in [0.2, 0.25) is 5.02 Å². The second-order valence-corrected chi connectivity index (χ2v) is 7.92. The van der Waals surface area contributed by atoms with Gasteiger partial charge in [-0.1, -0.05) is 28.9 Å². The number of ether oxygens (including phenoxy) is 1. The zero-order valence-electron chi connectivity index (χ0n) is 17.9. The summed E-state index contributed by atoms with van der Waals surface area (Å²) in [5, 5.41) is 9.59. The second-order valence-electron chi connectivity index (χ2n) is 7.48. The van der Waals surface area contributed by atoms with Gasteiger partial charge < -0.3 is 9.30 Å². The summed E-state index contributed by atoms with van der Waals surface area (Å²) in [5.74, 6) is 0.775. The van der Waals surface area contributed by atoms with Gasteiger partial charge in [0, 0.05) is 40.6 Å². The van der Waals surface area contributed by atoms with Crippen LogP contribution in [0.4, 0.5) is 0 Å². The van der Waals surface area contributed by atoms with Gasteiger partial charge in [0.05, 0.1) is 18.9 Å². The standard InChI is InChI=1S/C24H19ClN6O2/c1-15-22(23(32)20-14-31(29-28-20)24-26-10-3-11-27-24)19-12-18(33-2)8-9-21(19)30(15)13-16-4-6-17(25)7-5-16/h3-12,14H,13H2,1-2H3. The van der Waals surface area contributed by atoms with E-state index in [-0.39, 0.29) is 11.5 Å². The number of methoxy groups -OCH3 is 1. The number of carbonyl (C=O) groups is 1. The molecule has 5 rings (SSSR count). The first kappa shape index (κ1) is 20.8. The van der Waals surface area contributed by atoms with Gasteiger partial charge in [-0.3, -0.25) is 4.79 Å². The number of hydrogen-bond acceptors (Lipinski definition) is 6. The number of aromatic nitrogens is 6. The van der Waals surface area contributed by atoms with Crippen molar-refractivity contribution >= 4 is 28.3 Å².